The van der Waals surface area contributed by atoms with Gasteiger partial charge in [-0.25, -0.2) is 0 Å². The molecule has 0 spiro atoms. The fraction of sp³-hybridized carbons (Fsp3) is 0.261. The summed E-state index contributed by atoms with van der Waals surface area (Å²) >= 11 is 0. The van der Waals surface area contributed by atoms with Gasteiger partial charge in [0.15, 0.2) is 0 Å². The Labute approximate surface area is 149 Å². The quantitative estimate of drug-likeness (QED) is 0.666. The first-order valence-corrected chi connectivity index (χ1v) is 8.61. The van der Waals surface area contributed by atoms with E-state index in [9.17, 15) is 4.79 Å². The van der Waals surface area contributed by atoms with Gasteiger partial charge < -0.3 is 4.74 Å². The normalized spacial score (nSPS) is 16.3. The van der Waals surface area contributed by atoms with Crippen molar-refractivity contribution in [1.29, 1.82) is 0 Å². The van der Waals surface area contributed by atoms with Crippen LogP contribution in [0.2, 0.25) is 0 Å². The molecule has 0 aliphatic heterocycles. The van der Waals surface area contributed by atoms with Crippen molar-refractivity contribution >= 4 is 6.29 Å². The summed E-state index contributed by atoms with van der Waals surface area (Å²) in [5.41, 5.74) is 6.22. The highest BCUT2D eigenvalue weighted by Gasteiger charge is 2.35. The third-order valence-electron chi connectivity index (χ3n) is 5.41. The predicted molar refractivity (Wildman–Crippen MR) is 103 cm³/mol. The second-order valence-electron chi connectivity index (χ2n) is 7.04. The van der Waals surface area contributed by atoms with Crippen molar-refractivity contribution < 1.29 is 9.53 Å². The van der Waals surface area contributed by atoms with Crippen LogP contribution in [0.1, 0.15) is 27.7 Å². The Kier molecular flexibility index (Phi) is 4.63. The lowest BCUT2D eigenvalue weighted by Gasteiger charge is -2.22. The number of carbonyl (C=O) groups excluding carboxylic acids is 1. The highest BCUT2D eigenvalue weighted by Crippen LogP contribution is 2.45. The van der Waals surface area contributed by atoms with Crippen molar-refractivity contribution in [3.63, 3.8) is 0 Å². The molecule has 0 atom stereocenters. The summed E-state index contributed by atoms with van der Waals surface area (Å²) in [6, 6.07) is 18.2. The van der Waals surface area contributed by atoms with Crippen LogP contribution < -0.4 is 4.74 Å². The van der Waals surface area contributed by atoms with E-state index in [0.717, 1.165) is 34.3 Å². The molecular formula is C23H24O2. The zero-order chi connectivity index (χ0) is 18.0. The van der Waals surface area contributed by atoms with Gasteiger partial charge >= 0.3 is 0 Å². The first-order valence-electron chi connectivity index (χ1n) is 8.61. The third-order valence-corrected chi connectivity index (χ3v) is 5.41. The summed E-state index contributed by atoms with van der Waals surface area (Å²) < 4.78 is 6.17. The molecule has 0 bridgehead atoms. The number of hydrogen-bond acceptors (Lipinski definition) is 2. The maximum absolute atomic E-state index is 11.7. The zero-order valence-corrected chi connectivity index (χ0v) is 15.3. The Morgan fingerprint density at radius 3 is 2.28 bits per heavy atom. The fourth-order valence-electron chi connectivity index (χ4n) is 3.48. The average Bonchev–Trinajstić information content (AvgIpc) is 2.80. The lowest BCUT2D eigenvalue weighted by Crippen LogP contribution is -2.15. The monoisotopic (exact) mass is 332 g/mol. The Morgan fingerprint density at radius 1 is 0.960 bits per heavy atom. The van der Waals surface area contributed by atoms with Crippen molar-refractivity contribution in [3.05, 3.63) is 76.9 Å². The lowest BCUT2D eigenvalue weighted by molar-refractivity contribution is -0.105. The number of para-hydroxylation sites is 1. The van der Waals surface area contributed by atoms with Crippen LogP contribution in [-0.4, -0.2) is 12.9 Å². The molecule has 0 saturated heterocycles. The Morgan fingerprint density at radius 2 is 1.60 bits per heavy atom. The van der Waals surface area contributed by atoms with Gasteiger partial charge in [-0.1, -0.05) is 68.0 Å². The van der Waals surface area contributed by atoms with Gasteiger partial charge in [-0.2, -0.15) is 0 Å². The summed E-state index contributed by atoms with van der Waals surface area (Å²) in [4.78, 5) is 11.7. The molecule has 3 rings (SSSR count). The van der Waals surface area contributed by atoms with Crippen molar-refractivity contribution in [2.75, 3.05) is 6.61 Å². The Balaban J connectivity index is 1.92. The molecule has 0 saturated carbocycles. The Hall–Kier alpha value is -2.61. The molecule has 0 amide bonds. The molecule has 2 aromatic carbocycles. The molecule has 25 heavy (non-hydrogen) atoms. The number of aldehydes is 1. The second kappa shape index (κ2) is 6.72. The van der Waals surface area contributed by atoms with E-state index in [4.69, 9.17) is 4.74 Å². The molecule has 1 aliphatic carbocycles. The smallest absolute Gasteiger partial charge is 0.147 e. The van der Waals surface area contributed by atoms with Crippen LogP contribution in [0.4, 0.5) is 0 Å². The fourth-order valence-corrected chi connectivity index (χ4v) is 3.48. The predicted octanol–water partition coefficient (Wildman–Crippen LogP) is 5.60. The van der Waals surface area contributed by atoms with Crippen molar-refractivity contribution in [2.45, 2.75) is 27.7 Å². The Bertz CT molecular complexity index is 855. The van der Waals surface area contributed by atoms with E-state index in [-0.39, 0.29) is 5.41 Å². The highest BCUT2D eigenvalue weighted by atomic mass is 16.5. The third kappa shape index (κ3) is 3.05. The number of hydrogen-bond donors (Lipinski definition) is 0. The molecule has 1 aliphatic rings. The molecular weight excluding hydrogens is 308 g/mol. The number of ether oxygens (including phenoxy) is 1. The van der Waals surface area contributed by atoms with Gasteiger partial charge in [0, 0.05) is 16.6 Å². The van der Waals surface area contributed by atoms with Gasteiger partial charge in [0.25, 0.3) is 0 Å². The molecule has 0 heterocycles. The molecule has 0 aromatic heterocycles. The molecule has 0 unspecified atom stereocenters. The maximum atomic E-state index is 11.7. The van der Waals surface area contributed by atoms with Crippen LogP contribution in [0.3, 0.4) is 0 Å². The molecule has 0 N–H and O–H groups in total. The summed E-state index contributed by atoms with van der Waals surface area (Å²) in [7, 11) is 0. The van der Waals surface area contributed by atoms with Crippen LogP contribution in [-0.2, 0) is 4.79 Å². The minimum Gasteiger partial charge on any atom is -0.488 e. The molecule has 2 heteroatoms. The minimum atomic E-state index is -0.219. The van der Waals surface area contributed by atoms with Gasteiger partial charge in [-0.05, 0) is 36.6 Å². The van der Waals surface area contributed by atoms with Gasteiger partial charge in [-0.15, -0.1) is 0 Å². The van der Waals surface area contributed by atoms with E-state index < -0.39 is 0 Å². The van der Waals surface area contributed by atoms with Crippen LogP contribution >= 0.6 is 0 Å². The van der Waals surface area contributed by atoms with Crippen molar-refractivity contribution in [3.8, 4) is 16.9 Å². The summed E-state index contributed by atoms with van der Waals surface area (Å²) in [5, 5.41) is 0. The van der Waals surface area contributed by atoms with E-state index in [1.165, 1.54) is 11.1 Å². The van der Waals surface area contributed by atoms with Gasteiger partial charge in [0.05, 0.1) is 0 Å². The minimum absolute atomic E-state index is 0.219. The summed E-state index contributed by atoms with van der Waals surface area (Å²) in [6.07, 6.45) is 0.988. The van der Waals surface area contributed by atoms with Crippen molar-refractivity contribution in [1.82, 2.24) is 0 Å². The van der Waals surface area contributed by atoms with Crippen LogP contribution in [0, 0.1) is 5.41 Å². The second-order valence-corrected chi connectivity index (χ2v) is 7.04. The molecule has 0 fully saturated rings. The first kappa shape index (κ1) is 17.2. The maximum Gasteiger partial charge on any atom is 0.147 e. The van der Waals surface area contributed by atoms with Gasteiger partial charge in [0.2, 0.25) is 0 Å². The zero-order valence-electron chi connectivity index (χ0n) is 15.3. The lowest BCUT2D eigenvalue weighted by atomic mass is 9.81. The largest absolute Gasteiger partial charge is 0.488 e. The topological polar surface area (TPSA) is 26.3 Å². The van der Waals surface area contributed by atoms with E-state index in [1.807, 2.05) is 36.4 Å². The number of rotatable bonds is 5. The first-order chi connectivity index (χ1) is 12.0. The average molecular weight is 332 g/mol. The number of allylic oxidation sites excluding steroid dienone is 2. The number of benzene rings is 2. The van der Waals surface area contributed by atoms with Gasteiger partial charge in [-0.3, -0.25) is 4.79 Å². The summed E-state index contributed by atoms with van der Waals surface area (Å²) in [6.45, 7) is 8.78. The van der Waals surface area contributed by atoms with Crippen LogP contribution in [0.15, 0.2) is 76.9 Å². The van der Waals surface area contributed by atoms with Crippen LogP contribution in [0.5, 0.6) is 5.75 Å². The van der Waals surface area contributed by atoms with Gasteiger partial charge in [0.1, 0.15) is 18.6 Å². The SMILES string of the molecule is CC1=C(C)C(C)(C)C(C=O)=C1COc1ccccc1-c1ccccc1. The van der Waals surface area contributed by atoms with Crippen molar-refractivity contribution in [2.24, 2.45) is 5.41 Å². The van der Waals surface area contributed by atoms with E-state index in [0.29, 0.717) is 6.61 Å². The standard InChI is InChI=1S/C23H24O2/c1-16-17(2)23(3,4)21(14-24)20(16)15-25-22-13-9-8-12-19(22)18-10-6-5-7-11-18/h5-14H,15H2,1-4H3. The van der Waals surface area contributed by atoms with Crippen LogP contribution in [0.25, 0.3) is 11.1 Å². The summed E-state index contributed by atoms with van der Waals surface area (Å²) in [5.74, 6) is 0.835. The highest BCUT2D eigenvalue weighted by molar-refractivity contribution is 5.82. The molecule has 128 valence electrons. The molecule has 2 aromatic rings. The number of carbonyl (C=O) groups is 1. The van der Waals surface area contributed by atoms with E-state index >= 15 is 0 Å². The van der Waals surface area contributed by atoms with E-state index in [2.05, 4.69) is 45.9 Å². The molecule has 2 nitrogen and oxygen atoms in total. The molecule has 0 radical (unpaired) electrons. The van der Waals surface area contributed by atoms with E-state index in [1.54, 1.807) is 0 Å².